The predicted molar refractivity (Wildman–Crippen MR) is 116 cm³/mol. The normalized spacial score (nSPS) is 12.0. The Morgan fingerprint density at radius 3 is 2.54 bits per heavy atom. The van der Waals surface area contributed by atoms with E-state index in [1.54, 1.807) is 11.3 Å². The first-order valence-electron chi connectivity index (χ1n) is 10.3. The molecule has 0 aliphatic heterocycles. The molecule has 0 saturated heterocycles. The van der Waals surface area contributed by atoms with E-state index in [0.717, 1.165) is 44.1 Å². The number of aryl methyl sites for hydroxylation is 3. The zero-order valence-electron chi connectivity index (χ0n) is 17.3. The van der Waals surface area contributed by atoms with Crippen molar-refractivity contribution in [3.63, 3.8) is 0 Å². The number of unbranched alkanes of at least 4 members (excludes halogenated alkanes) is 1. The second-order valence-corrected chi connectivity index (χ2v) is 8.70. The molecule has 4 heteroatoms. The second-order valence-electron chi connectivity index (χ2n) is 7.36. The lowest BCUT2D eigenvalue weighted by molar-refractivity contribution is -0.147. The number of rotatable bonds is 12. The zero-order chi connectivity index (χ0) is 20.4. The highest BCUT2D eigenvalue weighted by molar-refractivity contribution is 7.12. The van der Waals surface area contributed by atoms with Gasteiger partial charge in [0.25, 0.3) is 0 Å². The third-order valence-electron chi connectivity index (χ3n) is 4.92. The number of ether oxygens (including phenoxy) is 1. The first-order valence-corrected chi connectivity index (χ1v) is 11.2. The third kappa shape index (κ3) is 7.23. The predicted octanol–water partition coefficient (Wildman–Crippen LogP) is 6.17. The molecule has 1 heterocycles. The van der Waals surface area contributed by atoms with Crippen LogP contribution in [0, 0.1) is 12.8 Å². The fourth-order valence-corrected chi connectivity index (χ4v) is 4.45. The molecule has 0 radical (unpaired) electrons. The van der Waals surface area contributed by atoms with Crippen LogP contribution < -0.4 is 0 Å². The molecule has 152 valence electrons. The summed E-state index contributed by atoms with van der Waals surface area (Å²) in [5.41, 5.74) is 2.26. The average Bonchev–Trinajstić information content (AvgIpc) is 3.06. The van der Waals surface area contributed by atoms with Crippen molar-refractivity contribution < 1.29 is 14.3 Å². The van der Waals surface area contributed by atoms with Gasteiger partial charge in [-0.3, -0.25) is 9.59 Å². The smallest absolute Gasteiger partial charge is 0.308 e. The van der Waals surface area contributed by atoms with Gasteiger partial charge in [-0.15, -0.1) is 11.3 Å². The Bertz CT molecular complexity index is 748. The van der Waals surface area contributed by atoms with E-state index in [1.807, 2.05) is 26.0 Å². The molecular formula is C24H32O3S. The van der Waals surface area contributed by atoms with Crippen LogP contribution >= 0.6 is 11.3 Å². The van der Waals surface area contributed by atoms with Crippen molar-refractivity contribution in [2.45, 2.75) is 65.7 Å². The number of thiophene rings is 1. The minimum Gasteiger partial charge on any atom is -0.466 e. The van der Waals surface area contributed by atoms with Gasteiger partial charge in [0.1, 0.15) is 0 Å². The fourth-order valence-electron chi connectivity index (χ4n) is 3.36. The van der Waals surface area contributed by atoms with Crippen molar-refractivity contribution in [2.24, 2.45) is 5.92 Å². The summed E-state index contributed by atoms with van der Waals surface area (Å²) >= 11 is 1.75. The van der Waals surface area contributed by atoms with Gasteiger partial charge < -0.3 is 4.74 Å². The van der Waals surface area contributed by atoms with E-state index in [1.165, 1.54) is 15.3 Å². The number of hydrogen-bond donors (Lipinski definition) is 0. The van der Waals surface area contributed by atoms with Crippen LogP contribution in [0.4, 0.5) is 0 Å². The first kappa shape index (κ1) is 22.4. The molecule has 0 spiro atoms. The molecule has 0 aliphatic rings. The maximum atomic E-state index is 12.7. The summed E-state index contributed by atoms with van der Waals surface area (Å²) in [6.45, 7) is 6.21. The zero-order valence-corrected chi connectivity index (χ0v) is 18.1. The van der Waals surface area contributed by atoms with E-state index < -0.39 is 0 Å². The number of carbonyl (C=O) groups is 2. The number of carbonyl (C=O) groups excluding carboxylic acids is 2. The molecule has 3 nitrogen and oxygen atoms in total. The van der Waals surface area contributed by atoms with Crippen molar-refractivity contribution in [2.75, 3.05) is 6.61 Å². The molecule has 28 heavy (non-hydrogen) atoms. The number of ketones is 1. The molecule has 1 atom stereocenters. The summed E-state index contributed by atoms with van der Waals surface area (Å²) in [6.07, 6.45) is 6.07. The number of esters is 1. The molecule has 1 aromatic heterocycles. The minimum absolute atomic E-state index is 0.0907. The summed E-state index contributed by atoms with van der Waals surface area (Å²) in [7, 11) is 0. The summed E-state index contributed by atoms with van der Waals surface area (Å²) in [4.78, 5) is 26.8. The maximum absolute atomic E-state index is 12.7. The summed E-state index contributed by atoms with van der Waals surface area (Å²) in [6, 6.07) is 12.5. The molecule has 2 aromatic rings. The van der Waals surface area contributed by atoms with Crippen LogP contribution in [0.1, 0.15) is 71.6 Å². The number of hydrogen-bond acceptors (Lipinski definition) is 4. The monoisotopic (exact) mass is 400 g/mol. The fraction of sp³-hybridized carbons (Fsp3) is 0.500. The molecule has 0 bridgehead atoms. The molecule has 0 N–H and O–H groups in total. The maximum Gasteiger partial charge on any atom is 0.308 e. The number of benzene rings is 1. The van der Waals surface area contributed by atoms with Gasteiger partial charge in [-0.25, -0.2) is 0 Å². The first-order chi connectivity index (χ1) is 13.5. The van der Waals surface area contributed by atoms with Gasteiger partial charge in [-0.1, -0.05) is 43.7 Å². The molecular weight excluding hydrogens is 368 g/mol. The van der Waals surface area contributed by atoms with Crippen molar-refractivity contribution in [1.29, 1.82) is 0 Å². The van der Waals surface area contributed by atoms with Crippen molar-refractivity contribution in [1.82, 2.24) is 0 Å². The highest BCUT2D eigenvalue weighted by atomic mass is 32.1. The molecule has 0 amide bonds. The van der Waals surface area contributed by atoms with Gasteiger partial charge in [0, 0.05) is 21.7 Å². The lowest BCUT2D eigenvalue weighted by atomic mass is 9.99. The van der Waals surface area contributed by atoms with Crippen molar-refractivity contribution in [3.8, 4) is 0 Å². The van der Waals surface area contributed by atoms with Crippen molar-refractivity contribution in [3.05, 3.63) is 57.3 Å². The summed E-state index contributed by atoms with van der Waals surface area (Å²) in [5, 5.41) is 0. The Kier molecular flexibility index (Phi) is 9.42. The van der Waals surface area contributed by atoms with Gasteiger partial charge in [0.2, 0.25) is 0 Å². The molecule has 1 aromatic carbocycles. The number of Topliss-reactive ketones (excluding diaryl/α,β-unsaturated/α-hetero) is 1. The third-order valence-corrected chi connectivity index (χ3v) is 6.03. The van der Waals surface area contributed by atoms with Crippen molar-refractivity contribution >= 4 is 23.1 Å². The van der Waals surface area contributed by atoms with E-state index in [-0.39, 0.29) is 17.7 Å². The highest BCUT2D eigenvalue weighted by Gasteiger charge is 2.16. The summed E-state index contributed by atoms with van der Waals surface area (Å²) < 4.78 is 5.03. The molecule has 0 saturated carbocycles. The lowest BCUT2D eigenvalue weighted by Crippen LogP contribution is -2.14. The van der Waals surface area contributed by atoms with Crippen LogP contribution in [0.3, 0.4) is 0 Å². The van der Waals surface area contributed by atoms with Gasteiger partial charge in [-0.2, -0.15) is 0 Å². The van der Waals surface area contributed by atoms with Crippen LogP contribution in [-0.4, -0.2) is 18.4 Å². The Labute approximate surface area is 173 Å². The van der Waals surface area contributed by atoms with Gasteiger partial charge in [0.15, 0.2) is 5.78 Å². The van der Waals surface area contributed by atoms with Gasteiger partial charge in [-0.05, 0) is 57.6 Å². The van der Waals surface area contributed by atoms with E-state index >= 15 is 0 Å². The largest absolute Gasteiger partial charge is 0.466 e. The highest BCUT2D eigenvalue weighted by Crippen LogP contribution is 2.26. The van der Waals surface area contributed by atoms with E-state index in [4.69, 9.17) is 4.74 Å². The van der Waals surface area contributed by atoms with Gasteiger partial charge in [0.05, 0.1) is 12.5 Å². The van der Waals surface area contributed by atoms with Crippen LogP contribution in [-0.2, 0) is 22.4 Å². The van der Waals surface area contributed by atoms with Crippen LogP contribution in [0.2, 0.25) is 0 Å². The molecule has 1 unspecified atom stereocenters. The van der Waals surface area contributed by atoms with E-state index in [0.29, 0.717) is 13.0 Å². The molecule has 0 aliphatic carbocycles. The molecule has 0 fully saturated rings. The topological polar surface area (TPSA) is 43.4 Å². The van der Waals surface area contributed by atoms with Crippen LogP contribution in [0.5, 0.6) is 0 Å². The molecule has 2 rings (SSSR count). The quantitative estimate of drug-likeness (QED) is 0.243. The standard InChI is InChI=1S/C24H32O3S/c1-4-27-24(26)18(2)11-8-9-15-22(25)21-17-19(3)28-23(21)16-10-14-20-12-6-5-7-13-20/h5-7,12-13,17-18H,4,8-11,14-16H2,1-3H3. The SMILES string of the molecule is CCOC(=O)C(C)CCCCC(=O)c1cc(C)sc1CCCc1ccccc1. The second kappa shape index (κ2) is 11.8. The Morgan fingerprint density at radius 1 is 1.07 bits per heavy atom. The Balaban J connectivity index is 1.79. The average molecular weight is 401 g/mol. The Morgan fingerprint density at radius 2 is 1.82 bits per heavy atom. The van der Waals surface area contributed by atoms with E-state index in [9.17, 15) is 9.59 Å². The van der Waals surface area contributed by atoms with E-state index in [2.05, 4.69) is 31.2 Å². The van der Waals surface area contributed by atoms with Gasteiger partial charge >= 0.3 is 5.97 Å². The van der Waals surface area contributed by atoms with Crippen LogP contribution in [0.25, 0.3) is 0 Å². The van der Waals surface area contributed by atoms with Crippen LogP contribution in [0.15, 0.2) is 36.4 Å². The minimum atomic E-state index is -0.136. The lowest BCUT2D eigenvalue weighted by Gasteiger charge is -2.10. The summed E-state index contributed by atoms with van der Waals surface area (Å²) in [5.74, 6) is 0.0119. The Hall–Kier alpha value is -1.94.